The Balaban J connectivity index is 0.000000528. The second-order valence-corrected chi connectivity index (χ2v) is 16.5. The number of hydrogen-bond donors (Lipinski definition) is 4. The molecule has 4 rings (SSSR count). The van der Waals surface area contributed by atoms with Crippen molar-refractivity contribution >= 4 is 56.6 Å². The molecule has 296 valence electrons. The highest BCUT2D eigenvalue weighted by Gasteiger charge is 2.34. The number of rotatable bonds is 13. The van der Waals surface area contributed by atoms with Gasteiger partial charge in [0.1, 0.15) is 29.3 Å². The van der Waals surface area contributed by atoms with Crippen molar-refractivity contribution in [2.75, 3.05) is 0 Å². The highest BCUT2D eigenvalue weighted by Crippen LogP contribution is 2.45. The Labute approximate surface area is 329 Å². The third-order valence-electron chi connectivity index (χ3n) is 10.2. The van der Waals surface area contributed by atoms with Crippen molar-refractivity contribution < 1.29 is 38.9 Å². The van der Waals surface area contributed by atoms with E-state index in [0.29, 0.717) is 12.8 Å². The average Bonchev–Trinajstić information content (AvgIpc) is 3.04. The molecule has 12 heteroatoms. The molecule has 2 aliphatic rings. The van der Waals surface area contributed by atoms with Crippen LogP contribution in [0.15, 0.2) is 48.5 Å². The van der Waals surface area contributed by atoms with Crippen molar-refractivity contribution in [1.82, 2.24) is 5.32 Å². The molecular weight excluding hydrogens is 713 g/mol. The molecule has 0 heterocycles. The van der Waals surface area contributed by atoms with E-state index in [4.69, 9.17) is 15.6 Å². The summed E-state index contributed by atoms with van der Waals surface area (Å²) < 4.78 is 5.11. The number of aliphatic carboxylic acids is 2. The maximum Gasteiger partial charge on any atom is 0.408 e. The Morgan fingerprint density at radius 1 is 0.755 bits per heavy atom. The van der Waals surface area contributed by atoms with Gasteiger partial charge in [-0.3, -0.25) is 14.4 Å². The summed E-state index contributed by atoms with van der Waals surface area (Å²) in [6.07, 6.45) is 4.73. The van der Waals surface area contributed by atoms with E-state index < -0.39 is 35.7 Å². The fourth-order valence-electron chi connectivity index (χ4n) is 7.22. The van der Waals surface area contributed by atoms with E-state index in [-0.39, 0.29) is 86.9 Å². The summed E-state index contributed by atoms with van der Waals surface area (Å²) in [5.41, 5.74) is 10.1. The first-order valence-electron chi connectivity index (χ1n) is 18.1. The summed E-state index contributed by atoms with van der Waals surface area (Å²) in [5.74, 6) is -1.68. The van der Waals surface area contributed by atoms with Crippen LogP contribution in [0.5, 0.6) is 0 Å². The van der Waals surface area contributed by atoms with Crippen molar-refractivity contribution in [2.45, 2.75) is 153 Å². The van der Waals surface area contributed by atoms with Gasteiger partial charge >= 0.3 is 18.0 Å². The first-order valence-corrected chi connectivity index (χ1v) is 18.1. The van der Waals surface area contributed by atoms with Crippen LogP contribution in [0, 0.1) is 0 Å². The molecule has 1 amide bonds. The maximum absolute atomic E-state index is 12.6. The average molecular weight is 775 g/mol. The van der Waals surface area contributed by atoms with Gasteiger partial charge in [-0.15, -0.1) is 0 Å². The lowest BCUT2D eigenvalue weighted by atomic mass is 9.68. The van der Waals surface area contributed by atoms with Crippen LogP contribution in [0.4, 0.5) is 4.79 Å². The Morgan fingerprint density at radius 3 is 1.57 bits per heavy atom. The topological polar surface area (TPSA) is 173 Å². The van der Waals surface area contributed by atoms with Crippen LogP contribution in [-0.4, -0.2) is 57.5 Å². The number of carbonyl (C=O) groups is 5. The number of Topliss-reactive ketones (excluding diaryl/α,β-unsaturated/α-hetero) is 2. The van der Waals surface area contributed by atoms with Gasteiger partial charge in [0.2, 0.25) is 0 Å². The highest BCUT2D eigenvalue weighted by molar-refractivity contribution is 7.59. The first kappa shape index (κ1) is 47.7. The number of ketones is 2. The quantitative estimate of drug-likeness (QED) is 0.159. The van der Waals surface area contributed by atoms with Gasteiger partial charge in [0.15, 0.2) is 0 Å². The number of amides is 1. The van der Waals surface area contributed by atoms with Crippen LogP contribution in [0.25, 0.3) is 0 Å². The predicted octanol–water partition coefficient (Wildman–Crippen LogP) is 7.78. The maximum atomic E-state index is 12.6. The fourth-order valence-corrected chi connectivity index (χ4v) is 7.22. The summed E-state index contributed by atoms with van der Waals surface area (Å²) >= 11 is 0. The zero-order valence-corrected chi connectivity index (χ0v) is 34.4. The summed E-state index contributed by atoms with van der Waals surface area (Å²) in [4.78, 5) is 58.8. The summed E-state index contributed by atoms with van der Waals surface area (Å²) in [6.45, 7) is 14.1. The number of nitrogens with one attached hydrogen (secondary N) is 1. The summed E-state index contributed by atoms with van der Waals surface area (Å²) in [5, 5.41) is 20.5. The van der Waals surface area contributed by atoms with Crippen LogP contribution in [0.3, 0.4) is 0 Å². The second-order valence-electron chi connectivity index (χ2n) is 16.5. The normalized spacial score (nSPS) is 19.1. The van der Waals surface area contributed by atoms with Gasteiger partial charge in [-0.2, -0.15) is 27.0 Å². The lowest BCUT2D eigenvalue weighted by Crippen LogP contribution is -2.43. The SMILES string of the molecule is CC(C)(C)OC(=O)N[C@@H](CCC(=O)CC1CCC(C)(C)c2ccccc21)C(=O)O.CC1(C)CCC(CC(=O)CC[C@H](N)C(=O)O)c2ccccc21.S.S. The molecule has 2 aromatic rings. The van der Waals surface area contributed by atoms with E-state index in [2.05, 4.69) is 63.3 Å². The standard InChI is InChI=1S/C23H33NO5.C18H25NO3.2H2S/c1-22(2,3)29-21(28)24-19(20(26)27)11-10-16(25)14-15-12-13-23(4,5)18-9-7-6-8-17(15)18;1-18(2)10-9-12(14-5-3-4-6-15(14)18)11-13(20)7-8-16(19)17(21)22;;/h6-9,15,19H,10-14H2,1-5H3,(H,24,28)(H,26,27);3-6,12,16H,7-11,19H2,1-2H3,(H,21,22);2*1H2/t15?,19-;12?,16-;;/m00../s1. The number of nitrogens with two attached hydrogens (primary N) is 1. The van der Waals surface area contributed by atoms with E-state index in [9.17, 15) is 29.1 Å². The molecule has 0 aliphatic heterocycles. The molecule has 2 aromatic carbocycles. The van der Waals surface area contributed by atoms with Gasteiger partial charge in [-0.1, -0.05) is 76.2 Å². The van der Waals surface area contributed by atoms with Gasteiger partial charge < -0.3 is 26.0 Å². The van der Waals surface area contributed by atoms with E-state index in [1.165, 1.54) is 22.3 Å². The molecule has 2 aliphatic carbocycles. The summed E-state index contributed by atoms with van der Waals surface area (Å²) in [6, 6.07) is 14.5. The van der Waals surface area contributed by atoms with E-state index in [1.807, 2.05) is 18.2 Å². The van der Waals surface area contributed by atoms with E-state index >= 15 is 0 Å². The molecule has 0 radical (unpaired) electrons. The molecule has 4 atom stereocenters. The number of carbonyl (C=O) groups excluding carboxylic acids is 3. The Kier molecular flexibility index (Phi) is 18.3. The lowest BCUT2D eigenvalue weighted by molar-refractivity contribution is -0.140. The number of carboxylic acid groups (broad SMARTS) is 2. The molecule has 2 unspecified atom stereocenters. The van der Waals surface area contributed by atoms with Crippen LogP contribution in [0.2, 0.25) is 0 Å². The molecule has 5 N–H and O–H groups in total. The minimum absolute atomic E-state index is 0. The molecule has 0 saturated carbocycles. The molecule has 0 bridgehead atoms. The van der Waals surface area contributed by atoms with Crippen molar-refractivity contribution in [3.8, 4) is 0 Å². The Morgan fingerprint density at radius 2 is 1.17 bits per heavy atom. The van der Waals surface area contributed by atoms with Crippen molar-refractivity contribution in [3.63, 3.8) is 0 Å². The number of alkyl carbamates (subject to hydrolysis) is 1. The largest absolute Gasteiger partial charge is 0.480 e. The molecule has 0 saturated heterocycles. The number of hydrogen-bond acceptors (Lipinski definition) is 7. The number of fused-ring (bicyclic) bond motifs is 2. The molecule has 0 spiro atoms. The Bertz CT molecular complexity index is 1570. The molecular formula is C41H62N2O8S2. The predicted molar refractivity (Wildman–Crippen MR) is 218 cm³/mol. The smallest absolute Gasteiger partial charge is 0.408 e. The lowest BCUT2D eigenvalue weighted by Gasteiger charge is -2.37. The van der Waals surface area contributed by atoms with Gasteiger partial charge in [-0.05, 0) is 104 Å². The van der Waals surface area contributed by atoms with Crippen molar-refractivity contribution in [2.24, 2.45) is 5.73 Å². The van der Waals surface area contributed by atoms with Gasteiger partial charge in [0.25, 0.3) is 0 Å². The highest BCUT2D eigenvalue weighted by atomic mass is 32.1. The third-order valence-corrected chi connectivity index (χ3v) is 10.2. The Hall–Kier alpha value is -3.35. The summed E-state index contributed by atoms with van der Waals surface area (Å²) in [7, 11) is 0. The third kappa shape index (κ3) is 14.4. The number of benzene rings is 2. The van der Waals surface area contributed by atoms with Crippen molar-refractivity contribution in [3.05, 3.63) is 70.8 Å². The van der Waals surface area contributed by atoms with Crippen LogP contribution in [0.1, 0.15) is 147 Å². The van der Waals surface area contributed by atoms with E-state index in [1.54, 1.807) is 20.8 Å². The molecule has 10 nitrogen and oxygen atoms in total. The van der Waals surface area contributed by atoms with Crippen LogP contribution >= 0.6 is 27.0 Å². The molecule has 0 aromatic heterocycles. The van der Waals surface area contributed by atoms with Gasteiger partial charge in [-0.25, -0.2) is 9.59 Å². The van der Waals surface area contributed by atoms with Crippen LogP contribution < -0.4 is 11.1 Å². The zero-order chi connectivity index (χ0) is 38.1. The first-order chi connectivity index (χ1) is 23.7. The van der Waals surface area contributed by atoms with Crippen LogP contribution in [-0.2, 0) is 34.7 Å². The molecule has 53 heavy (non-hydrogen) atoms. The number of ether oxygens (including phenoxy) is 1. The van der Waals surface area contributed by atoms with Gasteiger partial charge in [0.05, 0.1) is 0 Å². The monoisotopic (exact) mass is 774 g/mol. The van der Waals surface area contributed by atoms with Crippen molar-refractivity contribution in [1.29, 1.82) is 0 Å². The number of carboxylic acids is 2. The van der Waals surface area contributed by atoms with E-state index in [0.717, 1.165) is 25.7 Å². The minimum atomic E-state index is -1.17. The van der Waals surface area contributed by atoms with Gasteiger partial charge in [0, 0.05) is 25.7 Å². The minimum Gasteiger partial charge on any atom is -0.480 e. The zero-order valence-electron chi connectivity index (χ0n) is 32.4. The molecule has 0 fully saturated rings. The fraction of sp³-hybridized carbons (Fsp3) is 0.585. The second kappa shape index (κ2) is 20.4.